The van der Waals surface area contributed by atoms with Gasteiger partial charge in [0.15, 0.2) is 0 Å². The predicted octanol–water partition coefficient (Wildman–Crippen LogP) is 2.71. The predicted molar refractivity (Wildman–Crippen MR) is 129 cm³/mol. The number of anilines is 1. The zero-order chi connectivity index (χ0) is 23.6. The maximum absolute atomic E-state index is 13.8. The van der Waals surface area contributed by atoms with Crippen molar-refractivity contribution in [3.8, 4) is 0 Å². The molecule has 0 bridgehead atoms. The number of hydrogen-bond acceptors (Lipinski definition) is 6. The number of carbonyl (C=O) groups is 3. The van der Waals surface area contributed by atoms with Crippen LogP contribution in [0.4, 0.5) is 5.69 Å². The van der Waals surface area contributed by atoms with Gasteiger partial charge in [-0.25, -0.2) is 0 Å². The fourth-order valence-electron chi connectivity index (χ4n) is 4.72. The van der Waals surface area contributed by atoms with E-state index in [9.17, 15) is 14.4 Å². The number of rotatable bonds is 5. The molecule has 0 spiro atoms. The summed E-state index contributed by atoms with van der Waals surface area (Å²) >= 11 is 1.48. The average Bonchev–Trinajstić information content (AvgIpc) is 3.27. The summed E-state index contributed by atoms with van der Waals surface area (Å²) in [6.07, 6.45) is 5.80. The summed E-state index contributed by atoms with van der Waals surface area (Å²) in [5.74, 6) is -0.504. The van der Waals surface area contributed by atoms with Crippen molar-refractivity contribution >= 4 is 41.0 Å². The molecule has 1 fully saturated rings. The second kappa shape index (κ2) is 9.35. The molecule has 3 amide bonds. The molecule has 8 nitrogen and oxygen atoms in total. The van der Waals surface area contributed by atoms with E-state index >= 15 is 0 Å². The van der Waals surface area contributed by atoms with Gasteiger partial charge in [-0.1, -0.05) is 19.3 Å². The number of carbonyl (C=O) groups excluding carboxylic acids is 3. The van der Waals surface area contributed by atoms with E-state index in [4.69, 9.17) is 11.1 Å². The lowest BCUT2D eigenvalue weighted by atomic mass is 9.79. The van der Waals surface area contributed by atoms with Crippen LogP contribution in [0, 0.1) is 5.41 Å². The smallest absolute Gasteiger partial charge is 0.261 e. The molecule has 2 heterocycles. The van der Waals surface area contributed by atoms with Crippen LogP contribution in [0.3, 0.4) is 0 Å². The molecule has 9 heteroatoms. The molecule has 1 aliphatic carbocycles. The van der Waals surface area contributed by atoms with Crippen LogP contribution in [0.1, 0.15) is 68.1 Å². The zero-order valence-electron chi connectivity index (χ0n) is 18.7. The minimum absolute atomic E-state index is 0.0587. The largest absolute Gasteiger partial charge is 0.398 e. The summed E-state index contributed by atoms with van der Waals surface area (Å²) in [7, 11) is 1.61. The lowest BCUT2D eigenvalue weighted by Gasteiger charge is -2.41. The Kier molecular flexibility index (Phi) is 6.51. The second-order valence-electron chi connectivity index (χ2n) is 8.70. The third-order valence-corrected chi connectivity index (χ3v) is 7.81. The van der Waals surface area contributed by atoms with E-state index in [0.717, 1.165) is 35.9 Å². The summed E-state index contributed by atoms with van der Waals surface area (Å²) in [6.45, 7) is 1.01. The highest BCUT2D eigenvalue weighted by molar-refractivity contribution is 7.14. The van der Waals surface area contributed by atoms with Crippen LogP contribution in [0.2, 0.25) is 0 Å². The van der Waals surface area contributed by atoms with Crippen molar-refractivity contribution in [2.24, 2.45) is 0 Å². The molecule has 2 aromatic rings. The van der Waals surface area contributed by atoms with Gasteiger partial charge in [-0.3, -0.25) is 14.4 Å². The summed E-state index contributed by atoms with van der Waals surface area (Å²) < 4.78 is 0. The van der Waals surface area contributed by atoms with Crippen molar-refractivity contribution in [1.29, 1.82) is 5.41 Å². The van der Waals surface area contributed by atoms with E-state index in [0.29, 0.717) is 54.0 Å². The number of benzene rings is 1. The Labute approximate surface area is 197 Å². The second-order valence-corrected chi connectivity index (χ2v) is 9.84. The Bertz CT molecular complexity index is 1100. The van der Waals surface area contributed by atoms with E-state index in [-0.39, 0.29) is 17.7 Å². The highest BCUT2D eigenvalue weighted by atomic mass is 32.1. The summed E-state index contributed by atoms with van der Waals surface area (Å²) in [5, 5.41) is 13.2. The Hall–Kier alpha value is -3.20. The molecule has 5 N–H and O–H groups in total. The van der Waals surface area contributed by atoms with Gasteiger partial charge in [-0.15, -0.1) is 11.3 Å². The normalized spacial score (nSPS) is 17.1. The monoisotopic (exact) mass is 467 g/mol. The van der Waals surface area contributed by atoms with E-state index in [1.54, 1.807) is 25.2 Å². The van der Waals surface area contributed by atoms with Crippen molar-refractivity contribution in [3.63, 3.8) is 0 Å². The third kappa shape index (κ3) is 4.50. The van der Waals surface area contributed by atoms with Gasteiger partial charge >= 0.3 is 0 Å². The van der Waals surface area contributed by atoms with Crippen LogP contribution in [0.15, 0.2) is 24.3 Å². The van der Waals surface area contributed by atoms with Gasteiger partial charge in [0.1, 0.15) is 5.54 Å². The molecule has 0 radical (unpaired) electrons. The molecule has 33 heavy (non-hydrogen) atoms. The van der Waals surface area contributed by atoms with E-state index in [1.807, 2.05) is 11.0 Å². The summed E-state index contributed by atoms with van der Waals surface area (Å²) in [4.78, 5) is 42.6. The molecule has 1 saturated carbocycles. The maximum Gasteiger partial charge on any atom is 0.261 e. The van der Waals surface area contributed by atoms with Crippen LogP contribution in [0.5, 0.6) is 0 Å². The number of nitrogens with two attached hydrogens (primary N) is 1. The van der Waals surface area contributed by atoms with Gasteiger partial charge in [-0.05, 0) is 49.1 Å². The molecule has 0 saturated heterocycles. The molecule has 2 aliphatic rings. The quantitative estimate of drug-likeness (QED) is 0.398. The van der Waals surface area contributed by atoms with Crippen molar-refractivity contribution in [2.45, 2.75) is 50.6 Å². The molecule has 1 aromatic carbocycles. The van der Waals surface area contributed by atoms with Gasteiger partial charge in [0.2, 0.25) is 5.91 Å². The number of thiophene rings is 1. The van der Waals surface area contributed by atoms with Crippen LogP contribution < -0.4 is 16.4 Å². The first kappa shape index (κ1) is 23.0. The van der Waals surface area contributed by atoms with E-state index in [1.165, 1.54) is 11.3 Å². The Morgan fingerprint density at radius 3 is 2.61 bits per heavy atom. The Balaban J connectivity index is 1.56. The van der Waals surface area contributed by atoms with E-state index < -0.39 is 5.54 Å². The number of fused-ring (bicyclic) bond motifs is 1. The molecule has 4 rings (SSSR count). The number of nitrogens with zero attached hydrogens (tertiary/aromatic N) is 1. The van der Waals surface area contributed by atoms with E-state index in [2.05, 4.69) is 10.6 Å². The average molecular weight is 468 g/mol. The molecule has 0 unspecified atom stereocenters. The first-order valence-corrected chi connectivity index (χ1v) is 12.0. The van der Waals surface area contributed by atoms with Gasteiger partial charge in [0.05, 0.1) is 4.88 Å². The minimum atomic E-state index is -0.946. The zero-order valence-corrected chi connectivity index (χ0v) is 19.5. The van der Waals surface area contributed by atoms with Crippen molar-refractivity contribution in [3.05, 3.63) is 50.7 Å². The fourth-order valence-corrected chi connectivity index (χ4v) is 5.83. The Morgan fingerprint density at radius 1 is 1.15 bits per heavy atom. The maximum atomic E-state index is 13.8. The highest BCUT2D eigenvalue weighted by Crippen LogP contribution is 2.34. The molecule has 1 aliphatic heterocycles. The van der Waals surface area contributed by atoms with Crippen LogP contribution in [0.25, 0.3) is 0 Å². The number of nitrogen functional groups attached to an aromatic ring is 1. The van der Waals surface area contributed by atoms with Gasteiger partial charge in [0, 0.05) is 48.0 Å². The lowest BCUT2D eigenvalue weighted by Crippen LogP contribution is -2.61. The van der Waals surface area contributed by atoms with Crippen molar-refractivity contribution in [2.75, 3.05) is 19.3 Å². The lowest BCUT2D eigenvalue weighted by molar-refractivity contribution is -0.140. The first-order valence-electron chi connectivity index (χ1n) is 11.2. The van der Waals surface area contributed by atoms with Gasteiger partial charge < -0.3 is 26.7 Å². The van der Waals surface area contributed by atoms with Crippen LogP contribution in [-0.4, -0.2) is 48.0 Å². The van der Waals surface area contributed by atoms with Gasteiger partial charge in [0.25, 0.3) is 11.8 Å². The number of hydrogen-bond donors (Lipinski definition) is 4. The molecule has 0 atom stereocenters. The Morgan fingerprint density at radius 2 is 1.91 bits per heavy atom. The summed E-state index contributed by atoms with van der Waals surface area (Å²) in [6, 6.07) is 6.68. The minimum Gasteiger partial charge on any atom is -0.398 e. The first-order chi connectivity index (χ1) is 15.9. The number of amides is 3. The van der Waals surface area contributed by atoms with Gasteiger partial charge in [-0.2, -0.15) is 0 Å². The van der Waals surface area contributed by atoms with Crippen molar-refractivity contribution in [1.82, 2.24) is 15.5 Å². The molecule has 174 valence electrons. The standard InChI is InChI=1S/C24H29N5O3S/c1-27-22(31)20-12-17-14-29(10-7-19(17)33-20)23(32)24(8-3-2-4-9-24)28-21(30)15-5-6-18(26)16(11-15)13-25/h5-6,11-13,25H,2-4,7-10,14,26H2,1H3,(H,27,31)(H,28,30). The van der Waals surface area contributed by atoms with Crippen LogP contribution >= 0.6 is 11.3 Å². The molecular weight excluding hydrogens is 438 g/mol. The molecule has 1 aromatic heterocycles. The van der Waals surface area contributed by atoms with Crippen LogP contribution in [-0.2, 0) is 17.8 Å². The summed E-state index contributed by atoms with van der Waals surface area (Å²) in [5.41, 5.74) is 7.20. The topological polar surface area (TPSA) is 128 Å². The highest BCUT2D eigenvalue weighted by Gasteiger charge is 2.44. The number of nitrogens with one attached hydrogen (secondary N) is 3. The van der Waals surface area contributed by atoms with Crippen molar-refractivity contribution < 1.29 is 14.4 Å². The molecular formula is C24H29N5O3S. The fraction of sp³-hybridized carbons (Fsp3) is 0.417. The third-order valence-electron chi connectivity index (χ3n) is 6.58. The SMILES string of the molecule is CNC(=O)c1cc2c(s1)CCN(C(=O)C1(NC(=O)c3ccc(N)c(C=N)c3)CCCCC1)C2.